The first-order valence-corrected chi connectivity index (χ1v) is 9.23. The van der Waals surface area contributed by atoms with E-state index in [1.54, 1.807) is 13.8 Å². The molecule has 0 aromatic heterocycles. The van der Waals surface area contributed by atoms with Crippen molar-refractivity contribution in [1.29, 1.82) is 0 Å². The Kier molecular flexibility index (Phi) is 10.1. The predicted octanol–water partition coefficient (Wildman–Crippen LogP) is 2.14. The Morgan fingerprint density at radius 3 is 2.04 bits per heavy atom. The van der Waals surface area contributed by atoms with Crippen LogP contribution in [0.15, 0.2) is 0 Å². The minimum atomic E-state index is -1.57. The van der Waals surface area contributed by atoms with Crippen molar-refractivity contribution in [3.8, 4) is 0 Å². The van der Waals surface area contributed by atoms with Crippen LogP contribution in [0.5, 0.6) is 0 Å². The van der Waals surface area contributed by atoms with Gasteiger partial charge in [0.15, 0.2) is 5.78 Å². The van der Waals surface area contributed by atoms with Crippen LogP contribution in [-0.2, 0) is 19.2 Å². The molecule has 0 rings (SSSR count). The number of Topliss-reactive ketones (excluding diaryl/α,β-unsaturated/α-hetero) is 1. The van der Waals surface area contributed by atoms with E-state index in [4.69, 9.17) is 5.11 Å². The molecule has 150 valence electrons. The molecule has 7 heteroatoms. The number of carboxylic acids is 1. The van der Waals surface area contributed by atoms with Crippen molar-refractivity contribution in [3.05, 3.63) is 0 Å². The number of carboxylic acid groups (broad SMARTS) is 1. The monoisotopic (exact) mass is 370 g/mol. The van der Waals surface area contributed by atoms with Gasteiger partial charge >= 0.3 is 5.97 Å². The Balaban J connectivity index is 4.56. The lowest BCUT2D eigenvalue weighted by molar-refractivity contribution is -0.152. The van der Waals surface area contributed by atoms with Gasteiger partial charge < -0.3 is 15.7 Å². The van der Waals surface area contributed by atoms with E-state index >= 15 is 0 Å². The minimum absolute atomic E-state index is 0.155. The molecule has 0 radical (unpaired) electrons. The fraction of sp³-hybridized carbons (Fsp3) is 0.789. The first kappa shape index (κ1) is 24.1. The summed E-state index contributed by atoms with van der Waals surface area (Å²) in [4.78, 5) is 47.4. The molecule has 1 unspecified atom stereocenters. The highest BCUT2D eigenvalue weighted by Crippen LogP contribution is 2.16. The maximum atomic E-state index is 12.3. The molecule has 2 amide bonds. The van der Waals surface area contributed by atoms with Gasteiger partial charge in [-0.25, -0.2) is 0 Å². The molecule has 0 saturated heterocycles. The van der Waals surface area contributed by atoms with Crippen LogP contribution in [-0.4, -0.2) is 41.3 Å². The van der Waals surface area contributed by atoms with Crippen molar-refractivity contribution in [1.82, 2.24) is 10.6 Å². The standard InChI is InChI=1S/C19H34N2O5/c1-12(2)9-7-8-10-15(23)21-16(13(3)4)17(24)20-11-14(22)19(5,6)18(25)26/h12-13,16H,7-11H2,1-6H3,(H,20,24)(H,21,23)(H,25,26). The van der Waals surface area contributed by atoms with Gasteiger partial charge in [0.1, 0.15) is 11.5 Å². The summed E-state index contributed by atoms with van der Waals surface area (Å²) in [6.07, 6.45) is 3.14. The third-order valence-electron chi connectivity index (χ3n) is 4.36. The Morgan fingerprint density at radius 1 is 1.00 bits per heavy atom. The van der Waals surface area contributed by atoms with E-state index in [1.807, 2.05) is 0 Å². The summed E-state index contributed by atoms with van der Waals surface area (Å²) in [5.74, 6) is -2.07. The molecule has 0 spiro atoms. The van der Waals surface area contributed by atoms with Gasteiger partial charge in [-0.2, -0.15) is 0 Å². The van der Waals surface area contributed by atoms with Crippen LogP contribution in [0.4, 0.5) is 0 Å². The van der Waals surface area contributed by atoms with Crippen molar-refractivity contribution < 1.29 is 24.3 Å². The molecule has 0 aliphatic rings. The van der Waals surface area contributed by atoms with Crippen molar-refractivity contribution in [3.63, 3.8) is 0 Å². The van der Waals surface area contributed by atoms with E-state index in [0.717, 1.165) is 19.3 Å². The fourth-order valence-corrected chi connectivity index (χ4v) is 2.24. The molecular formula is C19H34N2O5. The quantitative estimate of drug-likeness (QED) is 0.360. The molecule has 0 aromatic rings. The van der Waals surface area contributed by atoms with Gasteiger partial charge in [0, 0.05) is 6.42 Å². The average Bonchev–Trinajstić information content (AvgIpc) is 2.53. The molecule has 0 bridgehead atoms. The van der Waals surface area contributed by atoms with Gasteiger partial charge in [-0.3, -0.25) is 19.2 Å². The number of carbonyl (C=O) groups excluding carboxylic acids is 3. The van der Waals surface area contributed by atoms with E-state index in [0.29, 0.717) is 12.3 Å². The number of amides is 2. The van der Waals surface area contributed by atoms with E-state index in [1.165, 1.54) is 13.8 Å². The largest absolute Gasteiger partial charge is 0.481 e. The average molecular weight is 370 g/mol. The first-order chi connectivity index (χ1) is 11.9. The van der Waals surface area contributed by atoms with Gasteiger partial charge in [-0.05, 0) is 32.1 Å². The summed E-state index contributed by atoms with van der Waals surface area (Å²) in [5, 5.41) is 14.2. The zero-order valence-corrected chi connectivity index (χ0v) is 16.8. The second kappa shape index (κ2) is 10.9. The Bertz CT molecular complexity index is 512. The summed E-state index contributed by atoms with van der Waals surface area (Å²) in [6.45, 7) is 10.1. The van der Waals surface area contributed by atoms with E-state index < -0.39 is 29.1 Å². The lowest BCUT2D eigenvalue weighted by Crippen LogP contribution is -2.51. The number of hydrogen-bond donors (Lipinski definition) is 3. The molecule has 0 fully saturated rings. The smallest absolute Gasteiger partial charge is 0.316 e. The van der Waals surface area contributed by atoms with Crippen LogP contribution in [0.3, 0.4) is 0 Å². The molecule has 0 heterocycles. The summed E-state index contributed by atoms with van der Waals surface area (Å²) < 4.78 is 0. The highest BCUT2D eigenvalue weighted by Gasteiger charge is 2.36. The maximum absolute atomic E-state index is 12.3. The highest BCUT2D eigenvalue weighted by atomic mass is 16.4. The Morgan fingerprint density at radius 2 is 1.58 bits per heavy atom. The van der Waals surface area contributed by atoms with Crippen LogP contribution in [0.1, 0.15) is 67.2 Å². The van der Waals surface area contributed by atoms with Gasteiger partial charge in [-0.1, -0.05) is 40.5 Å². The minimum Gasteiger partial charge on any atom is -0.481 e. The highest BCUT2D eigenvalue weighted by molar-refractivity contribution is 6.04. The van der Waals surface area contributed by atoms with Crippen LogP contribution in [0.2, 0.25) is 0 Å². The van der Waals surface area contributed by atoms with Crippen LogP contribution >= 0.6 is 0 Å². The van der Waals surface area contributed by atoms with Crippen LogP contribution < -0.4 is 10.6 Å². The van der Waals surface area contributed by atoms with E-state index in [-0.39, 0.29) is 18.4 Å². The fourth-order valence-electron chi connectivity index (χ4n) is 2.24. The second-order valence-electron chi connectivity index (χ2n) is 8.00. The number of nitrogens with one attached hydrogen (secondary N) is 2. The zero-order valence-electron chi connectivity index (χ0n) is 16.8. The summed E-state index contributed by atoms with van der Waals surface area (Å²) in [5.41, 5.74) is -1.57. The third kappa shape index (κ3) is 8.45. The molecule has 0 aliphatic heterocycles. The lowest BCUT2D eigenvalue weighted by atomic mass is 9.88. The van der Waals surface area contributed by atoms with Crippen molar-refractivity contribution in [2.45, 2.75) is 73.3 Å². The topological polar surface area (TPSA) is 113 Å². The van der Waals surface area contributed by atoms with Gasteiger partial charge in [0.25, 0.3) is 0 Å². The third-order valence-corrected chi connectivity index (χ3v) is 4.36. The van der Waals surface area contributed by atoms with Crippen molar-refractivity contribution in [2.75, 3.05) is 6.54 Å². The Hall–Kier alpha value is -1.92. The number of hydrogen-bond acceptors (Lipinski definition) is 4. The maximum Gasteiger partial charge on any atom is 0.316 e. The number of unbranched alkanes of at least 4 members (excludes halogenated alkanes) is 1. The zero-order chi connectivity index (χ0) is 20.5. The number of carbonyl (C=O) groups is 4. The lowest BCUT2D eigenvalue weighted by Gasteiger charge is -2.23. The van der Waals surface area contributed by atoms with Gasteiger partial charge in [-0.15, -0.1) is 0 Å². The van der Waals surface area contributed by atoms with Gasteiger partial charge in [0.2, 0.25) is 11.8 Å². The Labute approximate surface area is 156 Å². The molecule has 0 aliphatic carbocycles. The normalized spacial score (nSPS) is 12.8. The molecule has 0 saturated carbocycles. The second-order valence-corrected chi connectivity index (χ2v) is 8.00. The predicted molar refractivity (Wildman–Crippen MR) is 99.5 cm³/mol. The summed E-state index contributed by atoms with van der Waals surface area (Å²) >= 11 is 0. The summed E-state index contributed by atoms with van der Waals surface area (Å²) in [7, 11) is 0. The first-order valence-electron chi connectivity index (χ1n) is 9.23. The van der Waals surface area contributed by atoms with E-state index in [9.17, 15) is 19.2 Å². The number of rotatable bonds is 12. The molecule has 7 nitrogen and oxygen atoms in total. The molecule has 3 N–H and O–H groups in total. The SMILES string of the molecule is CC(C)CCCCC(=O)NC(C(=O)NCC(=O)C(C)(C)C(=O)O)C(C)C. The molecule has 26 heavy (non-hydrogen) atoms. The number of ketones is 1. The van der Waals surface area contributed by atoms with E-state index in [2.05, 4.69) is 24.5 Å². The number of aliphatic carboxylic acids is 1. The van der Waals surface area contributed by atoms with Gasteiger partial charge in [0.05, 0.1) is 6.54 Å². The van der Waals surface area contributed by atoms with Crippen molar-refractivity contribution >= 4 is 23.6 Å². The van der Waals surface area contributed by atoms with Crippen LogP contribution in [0.25, 0.3) is 0 Å². The van der Waals surface area contributed by atoms with Crippen molar-refractivity contribution in [2.24, 2.45) is 17.3 Å². The molecule has 1 atom stereocenters. The summed E-state index contributed by atoms with van der Waals surface area (Å²) in [6, 6.07) is -0.756. The molecular weight excluding hydrogens is 336 g/mol. The molecule has 0 aromatic carbocycles. The van der Waals surface area contributed by atoms with Crippen LogP contribution in [0, 0.1) is 17.3 Å².